The summed E-state index contributed by atoms with van der Waals surface area (Å²) in [7, 11) is 0.760. The summed E-state index contributed by atoms with van der Waals surface area (Å²) in [5.41, 5.74) is -3.95. The van der Waals surface area contributed by atoms with Crippen LogP contribution in [0.15, 0.2) is 56.6 Å². The van der Waals surface area contributed by atoms with Crippen molar-refractivity contribution >= 4 is 40.8 Å². The van der Waals surface area contributed by atoms with E-state index in [1.165, 1.54) is 18.2 Å². The highest BCUT2D eigenvalue weighted by Crippen LogP contribution is 2.41. The number of ether oxygens (including phenoxy) is 1. The van der Waals surface area contributed by atoms with Crippen LogP contribution in [0, 0.1) is 5.82 Å². The van der Waals surface area contributed by atoms with Crippen LogP contribution in [0.3, 0.4) is 0 Å². The number of hydrogen-bond donors (Lipinski definition) is 0. The van der Waals surface area contributed by atoms with Crippen LogP contribution in [0.1, 0.15) is 5.56 Å². The number of carbonyl (C=O) groups is 1. The second-order valence-corrected chi connectivity index (χ2v) is 6.23. The van der Waals surface area contributed by atoms with Crippen LogP contribution in [0.2, 0.25) is 0 Å². The van der Waals surface area contributed by atoms with Gasteiger partial charge >= 0.3 is 17.8 Å². The van der Waals surface area contributed by atoms with Gasteiger partial charge in [-0.2, -0.15) is 13.2 Å². The number of rotatable bonds is 2. The molecule has 0 bridgehead atoms. The summed E-state index contributed by atoms with van der Waals surface area (Å²) in [4.78, 5) is 19.9. The molecule has 1 aromatic carbocycles. The molecule has 0 aliphatic carbocycles. The normalized spacial score (nSPS) is 22.3. The first kappa shape index (κ1) is 19.4. The van der Waals surface area contributed by atoms with Gasteiger partial charge in [-0.1, -0.05) is 35.3 Å². The number of carbonyl (C=O) groups excluding carboxylic acids is 1. The highest BCUT2D eigenvalue weighted by atomic mass is 35.5. The molecule has 1 aromatic rings. The summed E-state index contributed by atoms with van der Waals surface area (Å²) in [6.07, 6.45) is -2.98. The van der Waals surface area contributed by atoms with Crippen LogP contribution in [0.4, 0.5) is 17.6 Å². The molecule has 1 atom stereocenters. The molecule has 27 heavy (non-hydrogen) atoms. The Morgan fingerprint density at radius 1 is 1.19 bits per heavy atom. The van der Waals surface area contributed by atoms with Gasteiger partial charge in [-0.25, -0.2) is 19.2 Å². The number of halogens is 6. The first-order valence-electron chi connectivity index (χ1n) is 7.24. The maximum absolute atomic E-state index is 14.3. The van der Waals surface area contributed by atoms with Crippen molar-refractivity contribution in [2.75, 3.05) is 7.11 Å². The number of benzene rings is 1. The van der Waals surface area contributed by atoms with Crippen molar-refractivity contribution in [3.63, 3.8) is 0 Å². The van der Waals surface area contributed by atoms with Gasteiger partial charge in [-0.3, -0.25) is 4.90 Å². The average molecular weight is 422 g/mol. The summed E-state index contributed by atoms with van der Waals surface area (Å²) in [5, 5.41) is -0.246. The first-order chi connectivity index (χ1) is 12.6. The Labute approximate surface area is 160 Å². The van der Waals surface area contributed by atoms with Crippen LogP contribution >= 0.6 is 23.2 Å². The fraction of sp³-hybridized carbons (Fsp3) is 0.188. The zero-order chi connectivity index (χ0) is 20.0. The number of allylic oxidation sites excluding steroid dienone is 2. The maximum atomic E-state index is 14.3. The maximum Gasteiger partial charge on any atom is 0.445 e. The number of amidine groups is 2. The lowest BCUT2D eigenvalue weighted by Gasteiger charge is -2.36. The SMILES string of the molecule is COC(=O)[C@]1(C(F)(F)F)N=C2C(Cl)=CC(Cl)=CN2C(c2ccccc2F)=N1. The molecule has 5 nitrogen and oxygen atoms in total. The molecule has 0 unspecified atom stereocenters. The standard InChI is InChI=1S/C16H9Cl2F4N3O2/c1-27-14(26)15(16(20,21)22)23-12(9-4-2-3-5-11(9)19)25-7-8(17)6-10(18)13(25)24-15/h2-7H,1H3/t15-/m1/s1. The minimum Gasteiger partial charge on any atom is -0.465 e. The van der Waals surface area contributed by atoms with Gasteiger partial charge in [0.15, 0.2) is 5.84 Å². The number of nitrogens with zero attached hydrogens (tertiary/aromatic N) is 3. The third-order valence-electron chi connectivity index (χ3n) is 3.70. The van der Waals surface area contributed by atoms with Crippen LogP contribution < -0.4 is 0 Å². The first-order valence-corrected chi connectivity index (χ1v) is 8.00. The Kier molecular flexibility index (Phi) is 4.77. The molecule has 2 aliphatic heterocycles. The van der Waals surface area contributed by atoms with Gasteiger partial charge in [-0.05, 0) is 18.2 Å². The zero-order valence-corrected chi connectivity index (χ0v) is 14.9. The topological polar surface area (TPSA) is 54.3 Å². The van der Waals surface area contributed by atoms with Gasteiger partial charge in [0, 0.05) is 6.20 Å². The summed E-state index contributed by atoms with van der Waals surface area (Å²) in [5.74, 6) is -3.68. The Bertz CT molecular complexity index is 940. The Morgan fingerprint density at radius 3 is 2.41 bits per heavy atom. The minimum atomic E-state index is -5.28. The highest BCUT2D eigenvalue weighted by molar-refractivity contribution is 6.47. The van der Waals surface area contributed by atoms with E-state index in [-0.39, 0.29) is 15.6 Å². The van der Waals surface area contributed by atoms with Gasteiger partial charge in [0.25, 0.3) is 0 Å². The molecule has 2 heterocycles. The fourth-order valence-electron chi connectivity index (χ4n) is 2.49. The lowest BCUT2D eigenvalue weighted by atomic mass is 10.1. The Hall–Kier alpha value is -2.39. The van der Waals surface area contributed by atoms with Crippen molar-refractivity contribution in [3.8, 4) is 0 Å². The van der Waals surface area contributed by atoms with E-state index in [9.17, 15) is 22.4 Å². The zero-order valence-electron chi connectivity index (χ0n) is 13.4. The quantitative estimate of drug-likeness (QED) is 0.536. The van der Waals surface area contributed by atoms with E-state index in [4.69, 9.17) is 23.2 Å². The molecular formula is C16H9Cl2F4N3O2. The molecule has 3 rings (SSSR count). The van der Waals surface area contributed by atoms with Crippen molar-refractivity contribution in [1.82, 2.24) is 4.90 Å². The van der Waals surface area contributed by atoms with Crippen molar-refractivity contribution in [2.24, 2.45) is 9.98 Å². The predicted octanol–water partition coefficient (Wildman–Crippen LogP) is 3.93. The van der Waals surface area contributed by atoms with Crippen LogP contribution in [-0.4, -0.2) is 41.5 Å². The Morgan fingerprint density at radius 2 is 1.81 bits per heavy atom. The van der Waals surface area contributed by atoms with Crippen molar-refractivity contribution < 1.29 is 27.1 Å². The second kappa shape index (κ2) is 6.65. The lowest BCUT2D eigenvalue weighted by molar-refractivity contribution is -0.202. The van der Waals surface area contributed by atoms with Gasteiger partial charge in [0.1, 0.15) is 11.7 Å². The monoisotopic (exact) mass is 421 g/mol. The van der Waals surface area contributed by atoms with Gasteiger partial charge in [0.05, 0.1) is 22.7 Å². The van der Waals surface area contributed by atoms with E-state index in [1.807, 2.05) is 0 Å². The van der Waals surface area contributed by atoms with Crippen molar-refractivity contribution in [1.29, 1.82) is 0 Å². The number of alkyl halides is 3. The largest absolute Gasteiger partial charge is 0.465 e. The van der Waals surface area contributed by atoms with Crippen LogP contribution in [0.5, 0.6) is 0 Å². The second-order valence-electron chi connectivity index (χ2n) is 5.39. The predicted molar refractivity (Wildman–Crippen MR) is 90.9 cm³/mol. The molecule has 11 heteroatoms. The molecule has 0 saturated heterocycles. The van der Waals surface area contributed by atoms with Gasteiger partial charge in [0.2, 0.25) is 0 Å². The molecular weight excluding hydrogens is 413 g/mol. The van der Waals surface area contributed by atoms with Crippen LogP contribution in [0.25, 0.3) is 0 Å². The van der Waals surface area contributed by atoms with E-state index in [0.717, 1.165) is 30.4 Å². The summed E-state index contributed by atoms with van der Waals surface area (Å²) >= 11 is 11.9. The molecule has 0 radical (unpaired) electrons. The highest BCUT2D eigenvalue weighted by Gasteiger charge is 2.65. The molecule has 0 fully saturated rings. The van der Waals surface area contributed by atoms with Gasteiger partial charge in [-0.15, -0.1) is 0 Å². The molecule has 0 saturated carbocycles. The summed E-state index contributed by atoms with van der Waals surface area (Å²) in [6, 6.07) is 4.97. The van der Waals surface area contributed by atoms with E-state index in [0.29, 0.717) is 0 Å². The van der Waals surface area contributed by atoms with Crippen LogP contribution in [-0.2, 0) is 9.53 Å². The molecule has 2 aliphatic rings. The third kappa shape index (κ3) is 3.10. The third-order valence-corrected chi connectivity index (χ3v) is 4.19. The average Bonchev–Trinajstić information content (AvgIpc) is 2.60. The van der Waals surface area contributed by atoms with Gasteiger partial charge < -0.3 is 4.74 Å². The minimum absolute atomic E-state index is 0.0422. The molecule has 0 spiro atoms. The molecule has 142 valence electrons. The fourth-order valence-corrected chi connectivity index (χ4v) is 3.00. The van der Waals surface area contributed by atoms with Crippen molar-refractivity contribution in [3.05, 3.63) is 58.0 Å². The molecule has 0 amide bonds. The number of methoxy groups -OCH3 is 1. The van der Waals surface area contributed by atoms with E-state index >= 15 is 0 Å². The Balaban J connectivity index is 2.36. The summed E-state index contributed by atoms with van der Waals surface area (Å²) < 4.78 is 60.2. The smallest absolute Gasteiger partial charge is 0.445 e. The molecule has 0 N–H and O–H groups in total. The number of fused-ring (bicyclic) bond motifs is 1. The van der Waals surface area contributed by atoms with E-state index < -0.39 is 35.3 Å². The number of esters is 1. The van der Waals surface area contributed by atoms with Crippen molar-refractivity contribution in [2.45, 2.75) is 11.8 Å². The number of hydrogen-bond acceptors (Lipinski definition) is 5. The number of aliphatic imine (C=N–C) groups is 2. The van der Waals surface area contributed by atoms with E-state index in [2.05, 4.69) is 14.7 Å². The van der Waals surface area contributed by atoms with E-state index in [1.54, 1.807) is 0 Å². The summed E-state index contributed by atoms with van der Waals surface area (Å²) in [6.45, 7) is 0. The lowest BCUT2D eigenvalue weighted by Crippen LogP contribution is -2.56. The molecule has 0 aromatic heterocycles.